The highest BCUT2D eigenvalue weighted by atomic mass is 32.2. The van der Waals surface area contributed by atoms with Gasteiger partial charge in [-0.15, -0.1) is 11.3 Å². The fourth-order valence-electron chi connectivity index (χ4n) is 1.34. The first kappa shape index (κ1) is 11.7. The molecular weight excluding hydrogens is 240 g/mol. The maximum atomic E-state index is 12.0. The molecule has 0 saturated heterocycles. The second-order valence-electron chi connectivity index (χ2n) is 3.73. The van der Waals surface area contributed by atoms with E-state index in [1.165, 1.54) is 11.3 Å². The van der Waals surface area contributed by atoms with Crippen LogP contribution in [0.1, 0.15) is 20.3 Å². The SMILES string of the molecule is CCC(C)Sc1nc2ccsc2c(=O)n1C. The number of fused-ring (bicyclic) bond motifs is 1. The standard InChI is InChI=1S/C11H14N2OS2/c1-4-7(2)16-11-12-8-5-6-15-9(8)10(14)13(11)3/h5-7H,4H2,1-3H3. The predicted molar refractivity (Wildman–Crippen MR) is 70.5 cm³/mol. The molecule has 0 aliphatic rings. The van der Waals surface area contributed by atoms with E-state index in [0.29, 0.717) is 5.25 Å². The Kier molecular flexibility index (Phi) is 3.35. The van der Waals surface area contributed by atoms with Crippen molar-refractivity contribution in [2.75, 3.05) is 0 Å². The molecule has 1 unspecified atom stereocenters. The Labute approximate surface area is 103 Å². The maximum absolute atomic E-state index is 12.0. The third-order valence-corrected chi connectivity index (χ3v) is 4.73. The Morgan fingerprint density at radius 2 is 2.38 bits per heavy atom. The molecule has 2 aromatic rings. The van der Waals surface area contributed by atoms with Crippen LogP contribution in [0.15, 0.2) is 21.4 Å². The van der Waals surface area contributed by atoms with Crippen LogP contribution in [0.3, 0.4) is 0 Å². The fraction of sp³-hybridized carbons (Fsp3) is 0.455. The van der Waals surface area contributed by atoms with E-state index in [-0.39, 0.29) is 5.56 Å². The summed E-state index contributed by atoms with van der Waals surface area (Å²) in [5, 5.41) is 3.20. The summed E-state index contributed by atoms with van der Waals surface area (Å²) in [7, 11) is 1.79. The molecule has 0 radical (unpaired) electrons. The zero-order valence-electron chi connectivity index (χ0n) is 9.56. The molecule has 0 amide bonds. The van der Waals surface area contributed by atoms with E-state index in [1.54, 1.807) is 23.4 Å². The summed E-state index contributed by atoms with van der Waals surface area (Å²) in [4.78, 5) is 16.5. The van der Waals surface area contributed by atoms with Gasteiger partial charge in [-0.1, -0.05) is 25.6 Å². The van der Waals surface area contributed by atoms with Crippen molar-refractivity contribution in [1.29, 1.82) is 0 Å². The summed E-state index contributed by atoms with van der Waals surface area (Å²) in [6.07, 6.45) is 1.07. The Morgan fingerprint density at radius 1 is 1.62 bits per heavy atom. The van der Waals surface area contributed by atoms with E-state index < -0.39 is 0 Å². The van der Waals surface area contributed by atoms with Crippen molar-refractivity contribution in [3.8, 4) is 0 Å². The van der Waals surface area contributed by atoms with Gasteiger partial charge in [-0.25, -0.2) is 4.98 Å². The highest BCUT2D eigenvalue weighted by Gasteiger charge is 2.11. The van der Waals surface area contributed by atoms with E-state index in [1.807, 2.05) is 11.4 Å². The van der Waals surface area contributed by atoms with Crippen LogP contribution in [0.2, 0.25) is 0 Å². The molecule has 1 atom stereocenters. The molecule has 0 fully saturated rings. The van der Waals surface area contributed by atoms with Crippen LogP contribution < -0.4 is 5.56 Å². The van der Waals surface area contributed by atoms with Gasteiger partial charge in [-0.05, 0) is 17.9 Å². The summed E-state index contributed by atoms with van der Waals surface area (Å²) in [5.41, 5.74) is 0.879. The molecule has 0 bridgehead atoms. The molecule has 2 heterocycles. The molecule has 2 rings (SSSR count). The Morgan fingerprint density at radius 3 is 3.06 bits per heavy atom. The van der Waals surface area contributed by atoms with Gasteiger partial charge in [-0.2, -0.15) is 0 Å². The summed E-state index contributed by atoms with van der Waals surface area (Å²) in [6.45, 7) is 4.29. The number of rotatable bonds is 3. The van der Waals surface area contributed by atoms with Gasteiger partial charge >= 0.3 is 0 Å². The lowest BCUT2D eigenvalue weighted by Gasteiger charge is -2.10. The fourth-order valence-corrected chi connectivity index (χ4v) is 3.06. The van der Waals surface area contributed by atoms with Crippen molar-refractivity contribution in [2.45, 2.75) is 30.7 Å². The smallest absolute Gasteiger partial charge is 0.271 e. The Balaban J connectivity index is 2.53. The molecule has 16 heavy (non-hydrogen) atoms. The van der Waals surface area contributed by atoms with Crippen molar-refractivity contribution >= 4 is 33.3 Å². The minimum atomic E-state index is 0.0609. The second kappa shape index (κ2) is 4.59. The van der Waals surface area contributed by atoms with Crippen LogP contribution in [0.5, 0.6) is 0 Å². The van der Waals surface area contributed by atoms with Crippen molar-refractivity contribution in [3.05, 3.63) is 21.8 Å². The topological polar surface area (TPSA) is 34.9 Å². The van der Waals surface area contributed by atoms with Crippen LogP contribution >= 0.6 is 23.1 Å². The van der Waals surface area contributed by atoms with E-state index in [2.05, 4.69) is 18.8 Å². The molecule has 86 valence electrons. The van der Waals surface area contributed by atoms with Crippen LogP contribution in [-0.2, 0) is 7.05 Å². The number of nitrogens with zero attached hydrogens (tertiary/aromatic N) is 2. The van der Waals surface area contributed by atoms with Gasteiger partial charge in [0.15, 0.2) is 5.16 Å². The minimum Gasteiger partial charge on any atom is -0.290 e. The number of hydrogen-bond acceptors (Lipinski definition) is 4. The lowest BCUT2D eigenvalue weighted by Crippen LogP contribution is -2.19. The predicted octanol–water partition coefficient (Wildman–Crippen LogP) is 2.89. The van der Waals surface area contributed by atoms with Crippen LogP contribution in [-0.4, -0.2) is 14.8 Å². The van der Waals surface area contributed by atoms with Gasteiger partial charge in [0.25, 0.3) is 5.56 Å². The maximum Gasteiger partial charge on any atom is 0.271 e. The van der Waals surface area contributed by atoms with Crippen LogP contribution in [0, 0.1) is 0 Å². The lowest BCUT2D eigenvalue weighted by atomic mass is 10.4. The summed E-state index contributed by atoms with van der Waals surface area (Å²) in [6, 6.07) is 1.90. The molecule has 0 aliphatic heterocycles. The highest BCUT2D eigenvalue weighted by Crippen LogP contribution is 2.24. The van der Waals surface area contributed by atoms with Crippen molar-refractivity contribution < 1.29 is 0 Å². The largest absolute Gasteiger partial charge is 0.290 e. The van der Waals surface area contributed by atoms with Crippen molar-refractivity contribution in [1.82, 2.24) is 9.55 Å². The zero-order valence-corrected chi connectivity index (χ0v) is 11.2. The Hall–Kier alpha value is -0.810. The molecule has 0 aliphatic carbocycles. The molecule has 0 spiro atoms. The lowest BCUT2D eigenvalue weighted by molar-refractivity contribution is 0.723. The van der Waals surface area contributed by atoms with Crippen LogP contribution in [0.25, 0.3) is 10.2 Å². The second-order valence-corrected chi connectivity index (χ2v) is 6.05. The Bertz CT molecular complexity index is 559. The van der Waals surface area contributed by atoms with Gasteiger partial charge in [0.1, 0.15) is 4.70 Å². The summed E-state index contributed by atoms with van der Waals surface area (Å²) in [5.74, 6) is 0. The first-order valence-electron chi connectivity index (χ1n) is 5.24. The van der Waals surface area contributed by atoms with Gasteiger partial charge in [0.05, 0.1) is 5.52 Å². The normalized spacial score (nSPS) is 13.2. The third kappa shape index (κ3) is 2.01. The number of aromatic nitrogens is 2. The van der Waals surface area contributed by atoms with Crippen molar-refractivity contribution in [2.24, 2.45) is 7.05 Å². The molecular formula is C11H14N2OS2. The number of thiophene rings is 1. The van der Waals surface area contributed by atoms with E-state index in [9.17, 15) is 4.79 Å². The van der Waals surface area contributed by atoms with E-state index >= 15 is 0 Å². The van der Waals surface area contributed by atoms with Gasteiger partial charge < -0.3 is 0 Å². The van der Waals surface area contributed by atoms with Gasteiger partial charge in [-0.3, -0.25) is 9.36 Å². The minimum absolute atomic E-state index is 0.0609. The number of hydrogen-bond donors (Lipinski definition) is 0. The monoisotopic (exact) mass is 254 g/mol. The first-order chi connectivity index (χ1) is 7.63. The van der Waals surface area contributed by atoms with Crippen LogP contribution in [0.4, 0.5) is 0 Å². The molecule has 5 heteroatoms. The average Bonchev–Trinajstić information content (AvgIpc) is 2.73. The van der Waals surface area contributed by atoms with Gasteiger partial charge in [0.2, 0.25) is 0 Å². The average molecular weight is 254 g/mol. The molecule has 2 aromatic heterocycles. The van der Waals surface area contributed by atoms with E-state index in [0.717, 1.165) is 21.8 Å². The molecule has 0 saturated carbocycles. The van der Waals surface area contributed by atoms with Gasteiger partial charge in [0, 0.05) is 12.3 Å². The highest BCUT2D eigenvalue weighted by molar-refractivity contribution is 7.99. The van der Waals surface area contributed by atoms with Crippen molar-refractivity contribution in [3.63, 3.8) is 0 Å². The third-order valence-electron chi connectivity index (χ3n) is 2.53. The molecule has 0 aromatic carbocycles. The zero-order chi connectivity index (χ0) is 11.7. The number of thioether (sulfide) groups is 1. The molecule has 0 N–H and O–H groups in total. The molecule has 3 nitrogen and oxygen atoms in total. The first-order valence-corrected chi connectivity index (χ1v) is 7.00. The summed E-state index contributed by atoms with van der Waals surface area (Å²) >= 11 is 3.12. The quantitative estimate of drug-likeness (QED) is 0.624. The van der Waals surface area contributed by atoms with E-state index in [4.69, 9.17) is 0 Å². The summed E-state index contributed by atoms with van der Waals surface area (Å²) < 4.78 is 2.39.